The number of carbonyl (C=O) groups excluding carboxylic acids is 6. The number of esters is 4. The van der Waals surface area contributed by atoms with Crippen LogP contribution < -0.4 is 0 Å². The first-order valence-corrected chi connectivity index (χ1v) is 9.16. The summed E-state index contributed by atoms with van der Waals surface area (Å²) in [6.07, 6.45) is -7.12. The molecular formula is C18H23NO11. The summed E-state index contributed by atoms with van der Waals surface area (Å²) in [7, 11) is 0. The maximum Gasteiger partial charge on any atom is 0.303 e. The Morgan fingerprint density at radius 1 is 0.800 bits per heavy atom. The maximum absolute atomic E-state index is 12.3. The molecule has 30 heavy (non-hydrogen) atoms. The number of hydrogen-bond acceptors (Lipinski definition) is 11. The molecule has 2 rings (SSSR count). The molecule has 0 spiro atoms. The second kappa shape index (κ2) is 9.65. The van der Waals surface area contributed by atoms with Crippen molar-refractivity contribution >= 4 is 35.7 Å². The molecule has 0 bridgehead atoms. The standard InChI is InChI=1S/C18H23NO11/c1-8(20)26-7-12-15(27-9(2)21)16(28-10(3)22)17(29-11(4)23)18(30-12)19-13(24)5-6-14(19)25/h12,15-18H,5-7H2,1-4H3/t12-,15-,16+,17-,18-/m1/s1. The van der Waals surface area contributed by atoms with Crippen LogP contribution in [0.1, 0.15) is 40.5 Å². The van der Waals surface area contributed by atoms with E-state index in [9.17, 15) is 28.8 Å². The molecule has 2 aliphatic rings. The molecule has 0 unspecified atom stereocenters. The quantitative estimate of drug-likeness (QED) is 0.297. The summed E-state index contributed by atoms with van der Waals surface area (Å²) in [6, 6.07) is 0. The number of likely N-dealkylation sites (tertiary alicyclic amines) is 1. The van der Waals surface area contributed by atoms with Crippen molar-refractivity contribution in [3.63, 3.8) is 0 Å². The lowest BCUT2D eigenvalue weighted by molar-refractivity contribution is -0.272. The minimum atomic E-state index is -1.48. The van der Waals surface area contributed by atoms with E-state index in [0.29, 0.717) is 0 Å². The van der Waals surface area contributed by atoms with E-state index in [1.54, 1.807) is 0 Å². The van der Waals surface area contributed by atoms with Gasteiger partial charge in [-0.1, -0.05) is 0 Å². The zero-order valence-corrected chi connectivity index (χ0v) is 16.9. The van der Waals surface area contributed by atoms with E-state index in [1.807, 2.05) is 0 Å². The molecule has 166 valence electrons. The lowest BCUT2D eigenvalue weighted by Crippen LogP contribution is -2.66. The van der Waals surface area contributed by atoms with E-state index in [1.165, 1.54) is 0 Å². The second-order valence-electron chi connectivity index (χ2n) is 6.75. The van der Waals surface area contributed by atoms with Crippen LogP contribution in [0.4, 0.5) is 0 Å². The summed E-state index contributed by atoms with van der Waals surface area (Å²) in [4.78, 5) is 71.7. The normalized spacial score (nSPS) is 28.7. The molecule has 0 aromatic carbocycles. The highest BCUT2D eigenvalue weighted by Gasteiger charge is 2.56. The highest BCUT2D eigenvalue weighted by atomic mass is 16.7. The van der Waals surface area contributed by atoms with Crippen molar-refractivity contribution in [2.45, 2.75) is 71.2 Å². The molecule has 0 N–H and O–H groups in total. The highest BCUT2D eigenvalue weighted by molar-refractivity contribution is 6.02. The van der Waals surface area contributed by atoms with Crippen molar-refractivity contribution in [3.8, 4) is 0 Å². The summed E-state index contributed by atoms with van der Waals surface area (Å²) in [6.45, 7) is 3.94. The van der Waals surface area contributed by atoms with Gasteiger partial charge in [0.2, 0.25) is 11.8 Å². The topological polar surface area (TPSA) is 152 Å². The van der Waals surface area contributed by atoms with Crippen LogP contribution >= 0.6 is 0 Å². The van der Waals surface area contributed by atoms with Crippen molar-refractivity contribution in [2.75, 3.05) is 6.61 Å². The Balaban J connectivity index is 2.50. The van der Waals surface area contributed by atoms with Gasteiger partial charge in [-0.05, 0) is 0 Å². The predicted molar refractivity (Wildman–Crippen MR) is 93.0 cm³/mol. The molecule has 12 heteroatoms. The zero-order chi connectivity index (χ0) is 22.6. The van der Waals surface area contributed by atoms with Crippen LogP contribution in [-0.2, 0) is 52.5 Å². The van der Waals surface area contributed by atoms with Gasteiger partial charge in [0.15, 0.2) is 24.5 Å². The van der Waals surface area contributed by atoms with Gasteiger partial charge in [-0.25, -0.2) is 0 Å². The Bertz CT molecular complexity index is 732. The molecule has 5 atom stereocenters. The molecule has 2 aliphatic heterocycles. The first kappa shape index (κ1) is 23.3. The predicted octanol–water partition coefficient (Wildman–Crippen LogP) is -0.781. The van der Waals surface area contributed by atoms with Crippen LogP contribution in [0, 0.1) is 0 Å². The average Bonchev–Trinajstić information content (AvgIpc) is 2.94. The van der Waals surface area contributed by atoms with Crippen molar-refractivity contribution < 1.29 is 52.5 Å². The van der Waals surface area contributed by atoms with Crippen LogP contribution in [-0.4, -0.2) is 77.8 Å². The Hall–Kier alpha value is -3.02. The van der Waals surface area contributed by atoms with Crippen LogP contribution in [0.15, 0.2) is 0 Å². The fourth-order valence-electron chi connectivity index (χ4n) is 3.29. The number of hydrogen-bond donors (Lipinski definition) is 0. The first-order chi connectivity index (χ1) is 14.0. The third kappa shape index (κ3) is 5.53. The van der Waals surface area contributed by atoms with Gasteiger partial charge in [0, 0.05) is 40.5 Å². The van der Waals surface area contributed by atoms with Gasteiger partial charge in [0.25, 0.3) is 0 Å². The van der Waals surface area contributed by atoms with Gasteiger partial charge in [0.1, 0.15) is 12.7 Å². The minimum absolute atomic E-state index is 0.0777. The summed E-state index contributed by atoms with van der Waals surface area (Å²) in [5.41, 5.74) is 0. The van der Waals surface area contributed by atoms with Crippen molar-refractivity contribution in [1.29, 1.82) is 0 Å². The van der Waals surface area contributed by atoms with Gasteiger partial charge in [-0.15, -0.1) is 0 Å². The van der Waals surface area contributed by atoms with Gasteiger partial charge in [0.05, 0.1) is 0 Å². The van der Waals surface area contributed by atoms with Crippen LogP contribution in [0.2, 0.25) is 0 Å². The van der Waals surface area contributed by atoms with Crippen LogP contribution in [0.5, 0.6) is 0 Å². The molecular weight excluding hydrogens is 406 g/mol. The third-order valence-corrected chi connectivity index (χ3v) is 4.31. The summed E-state index contributed by atoms with van der Waals surface area (Å²) >= 11 is 0. The van der Waals surface area contributed by atoms with Gasteiger partial charge in [-0.2, -0.15) is 0 Å². The van der Waals surface area contributed by atoms with E-state index in [2.05, 4.69) is 0 Å². The number of carbonyl (C=O) groups is 6. The fraction of sp³-hybridized carbons (Fsp3) is 0.667. The Kier molecular flexibility index (Phi) is 7.48. The lowest BCUT2D eigenvalue weighted by atomic mass is 9.96. The fourth-order valence-corrected chi connectivity index (χ4v) is 3.29. The van der Waals surface area contributed by atoms with E-state index >= 15 is 0 Å². The molecule has 0 aromatic rings. The van der Waals surface area contributed by atoms with Gasteiger partial charge < -0.3 is 23.7 Å². The second-order valence-corrected chi connectivity index (χ2v) is 6.75. The van der Waals surface area contributed by atoms with Crippen molar-refractivity contribution in [3.05, 3.63) is 0 Å². The number of rotatable bonds is 6. The number of amides is 2. The van der Waals surface area contributed by atoms with Crippen molar-refractivity contribution in [1.82, 2.24) is 4.90 Å². The SMILES string of the molecule is CC(=O)OC[C@H]1O[C@@H](N2C(=O)CCC2=O)[C@H](OC(C)=O)[C@@H](OC(C)=O)[C@@H]1OC(C)=O. The number of nitrogens with zero attached hydrogens (tertiary/aromatic N) is 1. The first-order valence-electron chi connectivity index (χ1n) is 9.16. The van der Waals surface area contributed by atoms with E-state index in [0.717, 1.165) is 32.6 Å². The summed E-state index contributed by atoms with van der Waals surface area (Å²) < 4.78 is 26.4. The van der Waals surface area contributed by atoms with Gasteiger partial charge >= 0.3 is 23.9 Å². The summed E-state index contributed by atoms with van der Waals surface area (Å²) in [5.74, 6) is -4.23. The Labute approximate surface area is 171 Å². The van der Waals surface area contributed by atoms with E-state index < -0.39 is 72.9 Å². The molecule has 2 fully saturated rings. The smallest absolute Gasteiger partial charge is 0.303 e. The highest BCUT2D eigenvalue weighted by Crippen LogP contribution is 2.33. The van der Waals surface area contributed by atoms with Crippen LogP contribution in [0.3, 0.4) is 0 Å². The van der Waals surface area contributed by atoms with Crippen molar-refractivity contribution in [2.24, 2.45) is 0 Å². The molecule has 0 aromatic heterocycles. The van der Waals surface area contributed by atoms with Gasteiger partial charge in [-0.3, -0.25) is 33.7 Å². The van der Waals surface area contributed by atoms with E-state index in [-0.39, 0.29) is 12.8 Å². The minimum Gasteiger partial charge on any atom is -0.463 e. The largest absolute Gasteiger partial charge is 0.463 e. The summed E-state index contributed by atoms with van der Waals surface area (Å²) in [5, 5.41) is 0. The molecule has 0 aliphatic carbocycles. The zero-order valence-electron chi connectivity index (χ0n) is 16.9. The molecule has 0 radical (unpaired) electrons. The molecule has 2 heterocycles. The maximum atomic E-state index is 12.3. The monoisotopic (exact) mass is 429 g/mol. The number of ether oxygens (including phenoxy) is 5. The molecule has 2 saturated heterocycles. The number of imide groups is 1. The Morgan fingerprint density at radius 3 is 1.73 bits per heavy atom. The molecule has 12 nitrogen and oxygen atoms in total. The van der Waals surface area contributed by atoms with Crippen LogP contribution in [0.25, 0.3) is 0 Å². The van der Waals surface area contributed by atoms with E-state index in [4.69, 9.17) is 23.7 Å². The Morgan fingerprint density at radius 2 is 1.27 bits per heavy atom. The third-order valence-electron chi connectivity index (χ3n) is 4.31. The lowest BCUT2D eigenvalue weighted by Gasteiger charge is -2.46. The molecule has 2 amide bonds. The average molecular weight is 429 g/mol. The molecule has 0 saturated carbocycles.